The van der Waals surface area contributed by atoms with Crippen LogP contribution in [-0.4, -0.2) is 0 Å². The SMILES string of the molecule is CC(C)(C)C1(C(C)(C)C)c2cc(N(c3ccccc3)c3cccc4c3oc3ccccc34)ccc2-c2c1ccc1ccccc21. The smallest absolute Gasteiger partial charge is 0.159 e. The second-order valence-corrected chi connectivity index (χ2v) is 14.6. The number of para-hydroxylation sites is 3. The monoisotopic (exact) mass is 585 g/mol. The number of fused-ring (bicyclic) bond motifs is 8. The van der Waals surface area contributed by atoms with Crippen LogP contribution < -0.4 is 4.90 Å². The van der Waals surface area contributed by atoms with Crippen LogP contribution in [-0.2, 0) is 5.41 Å². The van der Waals surface area contributed by atoms with Gasteiger partial charge in [-0.2, -0.15) is 0 Å². The van der Waals surface area contributed by atoms with Gasteiger partial charge in [-0.25, -0.2) is 0 Å². The Kier molecular flexibility index (Phi) is 5.90. The first-order valence-corrected chi connectivity index (χ1v) is 16.0. The third-order valence-electron chi connectivity index (χ3n) is 10.2. The molecule has 0 bridgehead atoms. The molecule has 0 radical (unpaired) electrons. The zero-order valence-corrected chi connectivity index (χ0v) is 27.0. The second kappa shape index (κ2) is 9.59. The molecule has 0 N–H and O–H groups in total. The van der Waals surface area contributed by atoms with Gasteiger partial charge in [0.25, 0.3) is 0 Å². The minimum absolute atomic E-state index is 0.0668. The van der Waals surface area contributed by atoms with Crippen molar-refractivity contribution >= 4 is 49.8 Å². The summed E-state index contributed by atoms with van der Waals surface area (Å²) < 4.78 is 6.61. The lowest BCUT2D eigenvalue weighted by Gasteiger charge is -2.53. The Balaban J connectivity index is 1.46. The van der Waals surface area contributed by atoms with Crippen molar-refractivity contribution in [1.29, 1.82) is 0 Å². The van der Waals surface area contributed by atoms with E-state index in [1.54, 1.807) is 0 Å². The molecule has 0 spiro atoms. The maximum Gasteiger partial charge on any atom is 0.159 e. The highest BCUT2D eigenvalue weighted by atomic mass is 16.3. The molecule has 0 atom stereocenters. The van der Waals surface area contributed by atoms with Crippen molar-refractivity contribution in [2.75, 3.05) is 4.90 Å². The Hall–Kier alpha value is -4.82. The van der Waals surface area contributed by atoms with E-state index >= 15 is 0 Å². The lowest BCUT2D eigenvalue weighted by Crippen LogP contribution is -2.50. The number of rotatable bonds is 3. The predicted molar refractivity (Wildman–Crippen MR) is 191 cm³/mol. The largest absolute Gasteiger partial charge is 0.454 e. The third kappa shape index (κ3) is 3.81. The van der Waals surface area contributed by atoms with E-state index in [1.165, 1.54) is 33.0 Å². The van der Waals surface area contributed by atoms with Crippen molar-refractivity contribution in [3.05, 3.63) is 139 Å². The first kappa shape index (κ1) is 27.7. The fourth-order valence-electron chi connectivity index (χ4n) is 8.87. The van der Waals surface area contributed by atoms with Gasteiger partial charge >= 0.3 is 0 Å². The van der Waals surface area contributed by atoms with Gasteiger partial charge in [0, 0.05) is 27.6 Å². The first-order chi connectivity index (χ1) is 21.6. The van der Waals surface area contributed by atoms with Gasteiger partial charge in [0.05, 0.1) is 5.69 Å². The van der Waals surface area contributed by atoms with Crippen LogP contribution in [0.5, 0.6) is 0 Å². The van der Waals surface area contributed by atoms with Crippen molar-refractivity contribution in [3.8, 4) is 11.1 Å². The molecule has 0 saturated heterocycles. The van der Waals surface area contributed by atoms with Crippen LogP contribution in [0.15, 0.2) is 132 Å². The molecule has 222 valence electrons. The lowest BCUT2D eigenvalue weighted by atomic mass is 9.50. The van der Waals surface area contributed by atoms with Crippen LogP contribution in [0.3, 0.4) is 0 Å². The highest BCUT2D eigenvalue weighted by molar-refractivity contribution is 6.10. The van der Waals surface area contributed by atoms with Crippen molar-refractivity contribution < 1.29 is 4.42 Å². The molecule has 45 heavy (non-hydrogen) atoms. The minimum Gasteiger partial charge on any atom is -0.454 e. The molecule has 0 unspecified atom stereocenters. The summed E-state index contributed by atoms with van der Waals surface area (Å²) in [5, 5.41) is 4.87. The van der Waals surface area contributed by atoms with Crippen LogP contribution in [0.1, 0.15) is 52.7 Å². The summed E-state index contributed by atoms with van der Waals surface area (Å²) in [7, 11) is 0. The fraction of sp³-hybridized carbons (Fsp3) is 0.209. The van der Waals surface area contributed by atoms with E-state index in [2.05, 4.69) is 168 Å². The van der Waals surface area contributed by atoms with Crippen LogP contribution in [0, 0.1) is 10.8 Å². The summed E-state index contributed by atoms with van der Waals surface area (Å²) in [6.45, 7) is 14.5. The molecule has 0 saturated carbocycles. The topological polar surface area (TPSA) is 16.4 Å². The predicted octanol–water partition coefficient (Wildman–Crippen LogP) is 12.6. The lowest BCUT2D eigenvalue weighted by molar-refractivity contribution is 0.0951. The summed E-state index contributed by atoms with van der Waals surface area (Å²) >= 11 is 0. The van der Waals surface area contributed by atoms with Gasteiger partial charge in [0.15, 0.2) is 5.58 Å². The molecule has 8 rings (SSSR count). The number of benzene rings is 6. The Morgan fingerprint density at radius 3 is 1.96 bits per heavy atom. The summed E-state index contributed by atoms with van der Waals surface area (Å²) in [4.78, 5) is 2.38. The maximum atomic E-state index is 6.61. The van der Waals surface area contributed by atoms with E-state index in [1.807, 2.05) is 6.07 Å². The van der Waals surface area contributed by atoms with E-state index < -0.39 is 0 Å². The average Bonchev–Trinajstić information content (AvgIpc) is 3.56. The molecule has 0 aliphatic heterocycles. The Morgan fingerprint density at radius 1 is 0.533 bits per heavy atom. The number of hydrogen-bond acceptors (Lipinski definition) is 2. The minimum atomic E-state index is -0.238. The van der Waals surface area contributed by atoms with Crippen LogP contribution in [0.4, 0.5) is 17.1 Å². The molecule has 0 fully saturated rings. The molecular formula is C43H39NO. The highest BCUT2D eigenvalue weighted by Gasteiger charge is 2.58. The van der Waals surface area contributed by atoms with Crippen molar-refractivity contribution in [1.82, 2.24) is 0 Å². The van der Waals surface area contributed by atoms with Gasteiger partial charge in [-0.3, -0.25) is 0 Å². The summed E-state index contributed by atoms with van der Waals surface area (Å²) in [6, 6.07) is 46.3. The number of hydrogen-bond donors (Lipinski definition) is 0. The highest BCUT2D eigenvalue weighted by Crippen LogP contribution is 2.66. The van der Waals surface area contributed by atoms with Gasteiger partial charge in [0.2, 0.25) is 0 Å². The third-order valence-corrected chi connectivity index (χ3v) is 10.2. The van der Waals surface area contributed by atoms with E-state index in [0.717, 1.165) is 39.0 Å². The Morgan fingerprint density at radius 2 is 1.20 bits per heavy atom. The quantitative estimate of drug-likeness (QED) is 0.205. The molecule has 2 nitrogen and oxygen atoms in total. The van der Waals surface area contributed by atoms with Crippen LogP contribution in [0.25, 0.3) is 43.8 Å². The first-order valence-electron chi connectivity index (χ1n) is 16.0. The van der Waals surface area contributed by atoms with Crippen LogP contribution >= 0.6 is 0 Å². The van der Waals surface area contributed by atoms with Gasteiger partial charge in [-0.15, -0.1) is 0 Å². The average molecular weight is 586 g/mol. The Bertz CT molecular complexity index is 2230. The summed E-state index contributed by atoms with van der Waals surface area (Å²) in [5.41, 5.74) is 10.2. The van der Waals surface area contributed by atoms with Gasteiger partial charge in [0.1, 0.15) is 5.58 Å². The normalized spacial score (nSPS) is 14.2. The fourth-order valence-corrected chi connectivity index (χ4v) is 8.87. The number of anilines is 3. The molecule has 6 aromatic carbocycles. The van der Waals surface area contributed by atoms with Crippen molar-refractivity contribution in [3.63, 3.8) is 0 Å². The standard InChI is InChI=1S/C43H39NO/c1-41(2,3)43(42(4,5)6)35-26-23-28-15-10-11-18-31(28)39(35)34-25-24-30(27-36(34)43)44(29-16-8-7-9-17-29)37-21-14-20-33-32-19-12-13-22-38(32)45-40(33)37/h7-27H,1-6H3. The molecule has 1 aromatic heterocycles. The molecule has 1 heterocycles. The maximum absolute atomic E-state index is 6.61. The Labute approximate surface area is 265 Å². The van der Waals surface area contributed by atoms with Gasteiger partial charge < -0.3 is 9.32 Å². The molecular weight excluding hydrogens is 546 g/mol. The molecule has 1 aliphatic carbocycles. The molecule has 2 heteroatoms. The molecule has 1 aliphatic rings. The summed E-state index contributed by atoms with van der Waals surface area (Å²) in [6.07, 6.45) is 0. The van der Waals surface area contributed by atoms with Crippen molar-refractivity contribution in [2.24, 2.45) is 10.8 Å². The zero-order chi connectivity index (χ0) is 31.1. The van der Waals surface area contributed by atoms with E-state index in [0.29, 0.717) is 0 Å². The molecule has 0 amide bonds. The zero-order valence-electron chi connectivity index (χ0n) is 27.0. The second-order valence-electron chi connectivity index (χ2n) is 14.6. The van der Waals surface area contributed by atoms with Crippen LogP contribution in [0.2, 0.25) is 0 Å². The summed E-state index contributed by atoms with van der Waals surface area (Å²) in [5.74, 6) is 0. The molecule has 7 aromatic rings. The van der Waals surface area contributed by atoms with E-state index in [-0.39, 0.29) is 16.2 Å². The number of nitrogens with zero attached hydrogens (tertiary/aromatic N) is 1. The number of furan rings is 1. The van der Waals surface area contributed by atoms with E-state index in [9.17, 15) is 0 Å². The van der Waals surface area contributed by atoms with Crippen molar-refractivity contribution in [2.45, 2.75) is 47.0 Å². The van der Waals surface area contributed by atoms with Gasteiger partial charge in [-0.05, 0) is 80.3 Å². The van der Waals surface area contributed by atoms with E-state index in [4.69, 9.17) is 4.42 Å². The van der Waals surface area contributed by atoms with Gasteiger partial charge in [-0.1, -0.05) is 133 Å².